The van der Waals surface area contributed by atoms with E-state index in [1.54, 1.807) is 14.2 Å². The van der Waals surface area contributed by atoms with Gasteiger partial charge in [-0.3, -0.25) is 4.90 Å². The van der Waals surface area contributed by atoms with Crippen LogP contribution in [0.1, 0.15) is 18.1 Å². The molecule has 18 heavy (non-hydrogen) atoms. The molecule has 4 heteroatoms. The van der Waals surface area contributed by atoms with Crippen molar-refractivity contribution in [2.45, 2.75) is 26.4 Å². The summed E-state index contributed by atoms with van der Waals surface area (Å²) in [5, 5.41) is 8.92. The van der Waals surface area contributed by atoms with E-state index in [-0.39, 0.29) is 6.04 Å². The zero-order chi connectivity index (χ0) is 13.7. The molecule has 1 aromatic carbocycles. The first-order chi connectivity index (χ1) is 8.53. The molecule has 1 aromatic rings. The number of hydrogen-bond donors (Lipinski definition) is 0. The van der Waals surface area contributed by atoms with E-state index >= 15 is 0 Å². The van der Waals surface area contributed by atoms with Crippen LogP contribution in [0.4, 0.5) is 0 Å². The third kappa shape index (κ3) is 3.14. The predicted octanol–water partition coefficient (Wildman–Crippen LogP) is 2.36. The number of hydrogen-bond acceptors (Lipinski definition) is 4. The topological polar surface area (TPSA) is 45.5 Å². The van der Waals surface area contributed by atoms with Crippen molar-refractivity contribution in [3.63, 3.8) is 0 Å². The normalized spacial score (nSPS) is 12.1. The highest BCUT2D eigenvalue weighted by Crippen LogP contribution is 2.29. The van der Waals surface area contributed by atoms with Gasteiger partial charge >= 0.3 is 0 Å². The van der Waals surface area contributed by atoms with Crippen molar-refractivity contribution >= 4 is 0 Å². The van der Waals surface area contributed by atoms with Gasteiger partial charge in [0.15, 0.2) is 0 Å². The molecule has 0 fully saturated rings. The first-order valence-electron chi connectivity index (χ1n) is 5.84. The third-order valence-corrected chi connectivity index (χ3v) is 3.12. The van der Waals surface area contributed by atoms with Crippen molar-refractivity contribution in [3.05, 3.63) is 23.3 Å². The first-order valence-corrected chi connectivity index (χ1v) is 5.84. The Labute approximate surface area is 109 Å². The third-order valence-electron chi connectivity index (χ3n) is 3.12. The smallest absolute Gasteiger partial charge is 0.127 e. The maximum absolute atomic E-state index is 8.92. The Bertz CT molecular complexity index is 452. The van der Waals surface area contributed by atoms with Gasteiger partial charge in [-0.2, -0.15) is 5.26 Å². The van der Waals surface area contributed by atoms with Gasteiger partial charge in [0.1, 0.15) is 11.5 Å². The zero-order valence-electron chi connectivity index (χ0n) is 11.7. The highest BCUT2D eigenvalue weighted by Gasteiger charge is 2.14. The summed E-state index contributed by atoms with van der Waals surface area (Å²) >= 11 is 0. The monoisotopic (exact) mass is 248 g/mol. The molecule has 0 N–H and O–H groups in total. The van der Waals surface area contributed by atoms with Gasteiger partial charge in [-0.05, 0) is 32.5 Å². The summed E-state index contributed by atoms with van der Waals surface area (Å²) in [7, 11) is 5.21. The van der Waals surface area contributed by atoms with E-state index in [4.69, 9.17) is 14.7 Å². The lowest BCUT2D eigenvalue weighted by molar-refractivity contribution is 0.287. The second kappa shape index (κ2) is 6.27. The van der Waals surface area contributed by atoms with Gasteiger partial charge in [-0.25, -0.2) is 0 Å². The molecule has 0 radical (unpaired) electrons. The van der Waals surface area contributed by atoms with E-state index in [2.05, 4.69) is 6.07 Å². The lowest BCUT2D eigenvalue weighted by Crippen LogP contribution is -2.27. The van der Waals surface area contributed by atoms with Gasteiger partial charge in [-0.15, -0.1) is 0 Å². The zero-order valence-corrected chi connectivity index (χ0v) is 11.7. The van der Waals surface area contributed by atoms with E-state index in [1.165, 1.54) is 0 Å². The summed E-state index contributed by atoms with van der Waals surface area (Å²) in [4.78, 5) is 1.98. The number of benzene rings is 1. The van der Waals surface area contributed by atoms with Crippen LogP contribution in [0.15, 0.2) is 12.1 Å². The molecule has 0 spiro atoms. The summed E-state index contributed by atoms with van der Waals surface area (Å²) in [6.45, 7) is 4.57. The number of nitrogens with zero attached hydrogens (tertiary/aromatic N) is 2. The Morgan fingerprint density at radius 2 is 2.00 bits per heavy atom. The molecule has 0 saturated carbocycles. The summed E-state index contributed by atoms with van der Waals surface area (Å²) < 4.78 is 10.6. The molecule has 1 unspecified atom stereocenters. The molecule has 1 atom stereocenters. The average molecular weight is 248 g/mol. The number of nitriles is 1. The van der Waals surface area contributed by atoms with Crippen LogP contribution in [0.25, 0.3) is 0 Å². The molecule has 0 saturated heterocycles. The van der Waals surface area contributed by atoms with Crippen LogP contribution in [-0.2, 0) is 6.54 Å². The van der Waals surface area contributed by atoms with Crippen molar-refractivity contribution in [1.82, 2.24) is 4.90 Å². The number of ether oxygens (including phenoxy) is 2. The van der Waals surface area contributed by atoms with Crippen LogP contribution in [0.5, 0.6) is 11.5 Å². The molecule has 0 bridgehead atoms. The minimum absolute atomic E-state index is 0.129. The van der Waals surface area contributed by atoms with Gasteiger partial charge in [0.05, 0.1) is 26.3 Å². The molecular formula is C14H20N2O2. The second-order valence-electron chi connectivity index (χ2n) is 4.35. The maximum Gasteiger partial charge on any atom is 0.127 e. The standard InChI is InChI=1S/C14H20N2O2/c1-10-6-12(17-4)7-14(18-5)13(10)9-16(3)11(2)8-15/h6-7,11H,9H2,1-5H3. The summed E-state index contributed by atoms with van der Waals surface area (Å²) in [5.41, 5.74) is 2.19. The Kier molecular flexibility index (Phi) is 4.99. The van der Waals surface area contributed by atoms with Crippen LogP contribution in [-0.4, -0.2) is 32.2 Å². The Morgan fingerprint density at radius 3 is 2.50 bits per heavy atom. The highest BCUT2D eigenvalue weighted by molar-refractivity contribution is 5.46. The molecule has 0 aliphatic rings. The van der Waals surface area contributed by atoms with Crippen molar-refractivity contribution in [1.29, 1.82) is 5.26 Å². The van der Waals surface area contributed by atoms with Gasteiger partial charge in [0.25, 0.3) is 0 Å². The second-order valence-corrected chi connectivity index (χ2v) is 4.35. The minimum atomic E-state index is -0.129. The fraction of sp³-hybridized carbons (Fsp3) is 0.500. The fourth-order valence-electron chi connectivity index (χ4n) is 1.74. The van der Waals surface area contributed by atoms with Crippen LogP contribution in [0.3, 0.4) is 0 Å². The van der Waals surface area contributed by atoms with Crippen LogP contribution in [0.2, 0.25) is 0 Å². The Balaban J connectivity index is 3.05. The van der Waals surface area contributed by atoms with E-state index in [9.17, 15) is 0 Å². The van der Waals surface area contributed by atoms with Crippen molar-refractivity contribution in [2.75, 3.05) is 21.3 Å². The quantitative estimate of drug-likeness (QED) is 0.802. The fourth-order valence-corrected chi connectivity index (χ4v) is 1.74. The largest absolute Gasteiger partial charge is 0.497 e. The molecule has 1 rings (SSSR count). The van der Waals surface area contributed by atoms with Crippen molar-refractivity contribution in [2.24, 2.45) is 0 Å². The molecule has 0 aliphatic carbocycles. The molecule has 4 nitrogen and oxygen atoms in total. The van der Waals surface area contributed by atoms with Crippen LogP contribution in [0, 0.1) is 18.3 Å². The number of aryl methyl sites for hydroxylation is 1. The molecule has 0 heterocycles. The van der Waals surface area contributed by atoms with E-state index < -0.39 is 0 Å². The first kappa shape index (κ1) is 14.3. The van der Waals surface area contributed by atoms with E-state index in [1.807, 2.05) is 37.9 Å². The number of rotatable bonds is 5. The van der Waals surface area contributed by atoms with Gasteiger partial charge < -0.3 is 9.47 Å². The van der Waals surface area contributed by atoms with E-state index in [0.717, 1.165) is 22.6 Å². The predicted molar refractivity (Wildman–Crippen MR) is 70.8 cm³/mol. The van der Waals surface area contributed by atoms with Crippen molar-refractivity contribution in [3.8, 4) is 17.6 Å². The molecule has 0 amide bonds. The van der Waals surface area contributed by atoms with Gasteiger partial charge in [-0.1, -0.05) is 0 Å². The van der Waals surface area contributed by atoms with Gasteiger partial charge in [0, 0.05) is 18.2 Å². The summed E-state index contributed by atoms with van der Waals surface area (Å²) in [5.74, 6) is 1.58. The summed E-state index contributed by atoms with van der Waals surface area (Å²) in [6, 6.07) is 5.94. The van der Waals surface area contributed by atoms with Gasteiger partial charge in [0.2, 0.25) is 0 Å². The molecule has 98 valence electrons. The van der Waals surface area contributed by atoms with Crippen molar-refractivity contribution < 1.29 is 9.47 Å². The highest BCUT2D eigenvalue weighted by atomic mass is 16.5. The minimum Gasteiger partial charge on any atom is -0.497 e. The summed E-state index contributed by atoms with van der Waals surface area (Å²) in [6.07, 6.45) is 0. The average Bonchev–Trinajstić information content (AvgIpc) is 2.39. The SMILES string of the molecule is COc1cc(C)c(CN(C)C(C)C#N)c(OC)c1. The lowest BCUT2D eigenvalue weighted by atomic mass is 10.1. The molecular weight excluding hydrogens is 228 g/mol. The Hall–Kier alpha value is -1.73. The van der Waals surface area contributed by atoms with E-state index in [0.29, 0.717) is 6.54 Å². The van der Waals surface area contributed by atoms with Crippen LogP contribution < -0.4 is 9.47 Å². The number of methoxy groups -OCH3 is 2. The van der Waals surface area contributed by atoms with Crippen LogP contribution >= 0.6 is 0 Å². The lowest BCUT2D eigenvalue weighted by Gasteiger charge is -2.22. The molecule has 0 aliphatic heterocycles. The Morgan fingerprint density at radius 1 is 1.33 bits per heavy atom. The maximum atomic E-state index is 8.92. The molecule has 0 aromatic heterocycles.